The number of urea groups is 1. The molecule has 0 saturated carbocycles. The highest BCUT2D eigenvalue weighted by Gasteiger charge is 2.10. The number of carbonyl (C=O) groups is 2. The SMILES string of the molecule is Cc1ccc(NC(=O)c2ccc(-c3ccccc3)cc2)cc1NC(=O)N(C)C. The highest BCUT2D eigenvalue weighted by molar-refractivity contribution is 6.05. The van der Waals surface area contributed by atoms with Crippen LogP contribution in [0.15, 0.2) is 72.8 Å². The van der Waals surface area contributed by atoms with Crippen LogP contribution in [-0.4, -0.2) is 30.9 Å². The monoisotopic (exact) mass is 373 g/mol. The quantitative estimate of drug-likeness (QED) is 0.675. The Kier molecular flexibility index (Phi) is 5.75. The van der Waals surface area contributed by atoms with Crippen LogP contribution in [0.2, 0.25) is 0 Å². The molecule has 3 aromatic carbocycles. The van der Waals surface area contributed by atoms with Gasteiger partial charge in [0.1, 0.15) is 0 Å². The molecule has 0 radical (unpaired) electrons. The van der Waals surface area contributed by atoms with Gasteiger partial charge in [-0.3, -0.25) is 4.79 Å². The number of nitrogens with zero attached hydrogens (tertiary/aromatic N) is 1. The molecule has 5 heteroatoms. The average Bonchev–Trinajstić information content (AvgIpc) is 2.71. The number of hydrogen-bond donors (Lipinski definition) is 2. The molecule has 0 aliphatic carbocycles. The Bertz CT molecular complexity index is 980. The molecular formula is C23H23N3O2. The summed E-state index contributed by atoms with van der Waals surface area (Å²) in [6, 6.07) is 22.7. The second-order valence-electron chi connectivity index (χ2n) is 6.75. The van der Waals surface area contributed by atoms with Gasteiger partial charge in [0.2, 0.25) is 0 Å². The minimum Gasteiger partial charge on any atom is -0.331 e. The van der Waals surface area contributed by atoms with Crippen molar-refractivity contribution >= 4 is 23.3 Å². The topological polar surface area (TPSA) is 61.4 Å². The number of anilines is 2. The van der Waals surface area contributed by atoms with Gasteiger partial charge in [0.25, 0.3) is 5.91 Å². The second-order valence-corrected chi connectivity index (χ2v) is 6.75. The third kappa shape index (κ3) is 4.57. The van der Waals surface area contributed by atoms with Gasteiger partial charge in [-0.1, -0.05) is 48.5 Å². The van der Waals surface area contributed by atoms with E-state index in [2.05, 4.69) is 10.6 Å². The maximum Gasteiger partial charge on any atom is 0.321 e. The third-order valence-corrected chi connectivity index (χ3v) is 4.40. The highest BCUT2D eigenvalue weighted by atomic mass is 16.2. The van der Waals surface area contributed by atoms with Gasteiger partial charge in [-0.05, 0) is 47.9 Å². The molecule has 3 amide bonds. The summed E-state index contributed by atoms with van der Waals surface area (Å²) in [5.74, 6) is -0.201. The summed E-state index contributed by atoms with van der Waals surface area (Å²) in [4.78, 5) is 25.9. The number of amides is 3. The fraction of sp³-hybridized carbons (Fsp3) is 0.130. The zero-order chi connectivity index (χ0) is 20.1. The number of rotatable bonds is 4. The van der Waals surface area contributed by atoms with Gasteiger partial charge in [0.05, 0.1) is 0 Å². The first-order chi connectivity index (χ1) is 13.4. The minimum absolute atomic E-state index is 0.201. The number of benzene rings is 3. The molecule has 28 heavy (non-hydrogen) atoms. The molecule has 0 aliphatic rings. The van der Waals surface area contributed by atoms with Crippen molar-refractivity contribution in [2.75, 3.05) is 24.7 Å². The van der Waals surface area contributed by atoms with E-state index in [9.17, 15) is 9.59 Å². The Morgan fingerprint density at radius 2 is 1.43 bits per heavy atom. The molecule has 0 atom stereocenters. The van der Waals surface area contributed by atoms with Gasteiger partial charge in [-0.15, -0.1) is 0 Å². The van der Waals surface area contributed by atoms with Gasteiger partial charge < -0.3 is 15.5 Å². The molecule has 0 aliphatic heterocycles. The van der Waals surface area contributed by atoms with Crippen LogP contribution in [0.3, 0.4) is 0 Å². The van der Waals surface area contributed by atoms with Crippen molar-refractivity contribution in [2.45, 2.75) is 6.92 Å². The van der Waals surface area contributed by atoms with Crippen molar-refractivity contribution < 1.29 is 9.59 Å². The Labute approximate surface area is 165 Å². The largest absolute Gasteiger partial charge is 0.331 e. The molecule has 0 unspecified atom stereocenters. The first-order valence-electron chi connectivity index (χ1n) is 9.00. The van der Waals surface area contributed by atoms with E-state index in [1.54, 1.807) is 32.3 Å². The van der Waals surface area contributed by atoms with Crippen molar-refractivity contribution in [3.05, 3.63) is 83.9 Å². The molecule has 0 bridgehead atoms. The van der Waals surface area contributed by atoms with E-state index >= 15 is 0 Å². The van der Waals surface area contributed by atoms with Crippen LogP contribution in [-0.2, 0) is 0 Å². The Hall–Kier alpha value is -3.60. The van der Waals surface area contributed by atoms with E-state index in [1.165, 1.54) is 4.90 Å². The fourth-order valence-electron chi connectivity index (χ4n) is 2.71. The first-order valence-corrected chi connectivity index (χ1v) is 9.00. The molecule has 0 saturated heterocycles. The lowest BCUT2D eigenvalue weighted by atomic mass is 10.0. The normalized spacial score (nSPS) is 10.2. The van der Waals surface area contributed by atoms with Gasteiger partial charge in [0, 0.05) is 31.0 Å². The lowest BCUT2D eigenvalue weighted by Crippen LogP contribution is -2.27. The second kappa shape index (κ2) is 8.39. The summed E-state index contributed by atoms with van der Waals surface area (Å²) >= 11 is 0. The van der Waals surface area contributed by atoms with Gasteiger partial charge >= 0.3 is 6.03 Å². The smallest absolute Gasteiger partial charge is 0.321 e. The Morgan fingerprint density at radius 1 is 0.786 bits per heavy atom. The van der Waals surface area contributed by atoms with E-state index in [0.29, 0.717) is 16.9 Å². The summed E-state index contributed by atoms with van der Waals surface area (Å²) in [5, 5.41) is 5.71. The lowest BCUT2D eigenvalue weighted by Gasteiger charge is -2.15. The van der Waals surface area contributed by atoms with Crippen LogP contribution in [0.25, 0.3) is 11.1 Å². The van der Waals surface area contributed by atoms with E-state index in [-0.39, 0.29) is 11.9 Å². The number of aryl methyl sites for hydroxylation is 1. The average molecular weight is 373 g/mol. The molecule has 142 valence electrons. The molecule has 0 aromatic heterocycles. The summed E-state index contributed by atoms with van der Waals surface area (Å²) in [6.45, 7) is 1.90. The fourth-order valence-corrected chi connectivity index (χ4v) is 2.71. The van der Waals surface area contributed by atoms with Gasteiger partial charge in [-0.25, -0.2) is 4.79 Å². The number of hydrogen-bond acceptors (Lipinski definition) is 2. The van der Waals surface area contributed by atoms with E-state index in [1.807, 2.05) is 61.5 Å². The van der Waals surface area contributed by atoms with Crippen molar-refractivity contribution in [3.63, 3.8) is 0 Å². The predicted octanol–water partition coefficient (Wildman–Crippen LogP) is 5.01. The first kappa shape index (κ1) is 19.2. The molecule has 0 fully saturated rings. The zero-order valence-corrected chi connectivity index (χ0v) is 16.2. The molecule has 3 rings (SSSR count). The van der Waals surface area contributed by atoms with Crippen LogP contribution in [0, 0.1) is 6.92 Å². The maximum atomic E-state index is 12.6. The van der Waals surface area contributed by atoms with E-state index in [4.69, 9.17) is 0 Å². The highest BCUT2D eigenvalue weighted by Crippen LogP contribution is 2.22. The van der Waals surface area contributed by atoms with Crippen LogP contribution in [0.1, 0.15) is 15.9 Å². The van der Waals surface area contributed by atoms with Crippen LogP contribution in [0.4, 0.5) is 16.2 Å². The zero-order valence-electron chi connectivity index (χ0n) is 16.2. The van der Waals surface area contributed by atoms with E-state index in [0.717, 1.165) is 16.7 Å². The Balaban J connectivity index is 1.73. The molecule has 3 aromatic rings. The van der Waals surface area contributed by atoms with Crippen molar-refractivity contribution in [1.29, 1.82) is 0 Å². The predicted molar refractivity (Wildman–Crippen MR) is 114 cm³/mol. The molecule has 5 nitrogen and oxygen atoms in total. The van der Waals surface area contributed by atoms with Crippen LogP contribution >= 0.6 is 0 Å². The number of carbonyl (C=O) groups excluding carboxylic acids is 2. The number of nitrogens with one attached hydrogen (secondary N) is 2. The standard InChI is InChI=1S/C23H23N3O2/c1-16-9-14-20(15-21(16)25-23(28)26(2)3)24-22(27)19-12-10-18(11-13-19)17-7-5-4-6-8-17/h4-15H,1-3H3,(H,24,27)(H,25,28). The summed E-state index contributed by atoms with van der Waals surface area (Å²) in [5.41, 5.74) is 4.93. The van der Waals surface area contributed by atoms with Crippen molar-refractivity contribution in [2.24, 2.45) is 0 Å². The minimum atomic E-state index is -0.219. The molecule has 2 N–H and O–H groups in total. The summed E-state index contributed by atoms with van der Waals surface area (Å²) < 4.78 is 0. The maximum absolute atomic E-state index is 12.6. The van der Waals surface area contributed by atoms with E-state index < -0.39 is 0 Å². The van der Waals surface area contributed by atoms with Crippen LogP contribution in [0.5, 0.6) is 0 Å². The molecule has 0 heterocycles. The van der Waals surface area contributed by atoms with Crippen molar-refractivity contribution in [3.8, 4) is 11.1 Å². The summed E-state index contributed by atoms with van der Waals surface area (Å²) in [7, 11) is 3.35. The van der Waals surface area contributed by atoms with Crippen molar-refractivity contribution in [1.82, 2.24) is 4.90 Å². The van der Waals surface area contributed by atoms with Crippen LogP contribution < -0.4 is 10.6 Å². The molecular weight excluding hydrogens is 350 g/mol. The van der Waals surface area contributed by atoms with Gasteiger partial charge in [0.15, 0.2) is 0 Å². The summed E-state index contributed by atoms with van der Waals surface area (Å²) in [6.07, 6.45) is 0. The third-order valence-electron chi connectivity index (χ3n) is 4.40. The molecule has 0 spiro atoms. The lowest BCUT2D eigenvalue weighted by molar-refractivity contribution is 0.102. The van der Waals surface area contributed by atoms with Gasteiger partial charge in [-0.2, -0.15) is 0 Å². The Morgan fingerprint density at radius 3 is 2.07 bits per heavy atom.